The lowest BCUT2D eigenvalue weighted by Crippen LogP contribution is -2.32. The highest BCUT2D eigenvalue weighted by atomic mass is 19.1. The van der Waals surface area contributed by atoms with Crippen molar-refractivity contribution < 1.29 is 19.1 Å². The number of benzene rings is 1. The zero-order chi connectivity index (χ0) is 15.9. The summed E-state index contributed by atoms with van der Waals surface area (Å²) in [6.07, 6.45) is 2.41. The summed E-state index contributed by atoms with van der Waals surface area (Å²) in [5, 5.41) is 9.79. The average molecular weight is 304 g/mol. The van der Waals surface area contributed by atoms with Crippen LogP contribution in [0.5, 0.6) is 0 Å². The Morgan fingerprint density at radius 1 is 1.36 bits per heavy atom. The topological polar surface area (TPSA) is 62.5 Å². The Hall–Kier alpha value is -2.37. The highest BCUT2D eigenvalue weighted by Gasteiger charge is 2.28. The molecule has 1 amide bonds. The molecule has 0 saturated carbocycles. The normalized spacial score (nSPS) is 15.5. The largest absolute Gasteiger partial charge is 0.480 e. The van der Waals surface area contributed by atoms with Gasteiger partial charge < -0.3 is 14.6 Å². The van der Waals surface area contributed by atoms with E-state index in [1.165, 1.54) is 10.6 Å². The van der Waals surface area contributed by atoms with E-state index in [1.807, 2.05) is 0 Å². The number of aromatic nitrogens is 1. The second kappa shape index (κ2) is 5.44. The second-order valence-electron chi connectivity index (χ2n) is 5.63. The number of carbonyl (C=O) groups excluding carboxylic acids is 1. The number of hydrogen-bond acceptors (Lipinski definition) is 2. The van der Waals surface area contributed by atoms with Crippen molar-refractivity contribution in [2.45, 2.75) is 25.8 Å². The highest BCUT2D eigenvalue weighted by Crippen LogP contribution is 2.31. The fraction of sp³-hybridized carbons (Fsp3) is 0.375. The molecule has 0 fully saturated rings. The third-order valence-corrected chi connectivity index (χ3v) is 4.15. The molecule has 1 aromatic heterocycles. The van der Waals surface area contributed by atoms with Crippen LogP contribution in [-0.4, -0.2) is 40.0 Å². The van der Waals surface area contributed by atoms with Crippen LogP contribution in [0.25, 0.3) is 10.9 Å². The van der Waals surface area contributed by atoms with Gasteiger partial charge in [-0.2, -0.15) is 0 Å². The molecule has 0 unspecified atom stereocenters. The van der Waals surface area contributed by atoms with Crippen LogP contribution >= 0.6 is 0 Å². The molecular weight excluding hydrogens is 287 g/mol. The van der Waals surface area contributed by atoms with Crippen molar-refractivity contribution in [1.29, 1.82) is 0 Å². The average Bonchev–Trinajstić information content (AvgIpc) is 2.75. The monoisotopic (exact) mass is 304 g/mol. The van der Waals surface area contributed by atoms with Crippen molar-refractivity contribution in [2.75, 3.05) is 13.6 Å². The smallest absolute Gasteiger partial charge is 0.323 e. The predicted octanol–water partition coefficient (Wildman–Crippen LogP) is 2.27. The van der Waals surface area contributed by atoms with Crippen molar-refractivity contribution >= 4 is 22.8 Å². The third kappa shape index (κ3) is 2.24. The van der Waals surface area contributed by atoms with Gasteiger partial charge in [0, 0.05) is 19.0 Å². The number of fused-ring (bicyclic) bond motifs is 3. The van der Waals surface area contributed by atoms with Gasteiger partial charge in [-0.25, -0.2) is 4.39 Å². The quantitative estimate of drug-likeness (QED) is 0.926. The van der Waals surface area contributed by atoms with E-state index < -0.39 is 18.3 Å². The standard InChI is InChI=1S/C16H17FN2O3/c1-18-8-3-2-5-11-10-6-4-7-12(17)14(10)19(9-13(20)21)15(11)16(18)22/h4,6-7H,2-3,5,8-9H2,1H3,(H,20,21). The Balaban J connectivity index is 2.35. The van der Waals surface area contributed by atoms with Crippen LogP contribution < -0.4 is 0 Å². The summed E-state index contributed by atoms with van der Waals surface area (Å²) in [6, 6.07) is 4.64. The van der Waals surface area contributed by atoms with Crippen molar-refractivity contribution in [3.63, 3.8) is 0 Å². The van der Waals surface area contributed by atoms with Crippen LogP contribution in [-0.2, 0) is 17.8 Å². The Kier molecular flexibility index (Phi) is 3.60. The van der Waals surface area contributed by atoms with E-state index in [0.29, 0.717) is 24.0 Å². The van der Waals surface area contributed by atoms with Gasteiger partial charge in [0.2, 0.25) is 0 Å². The van der Waals surface area contributed by atoms with Gasteiger partial charge in [-0.3, -0.25) is 9.59 Å². The summed E-state index contributed by atoms with van der Waals surface area (Å²) in [6.45, 7) is 0.196. The number of carboxylic acids is 1. The van der Waals surface area contributed by atoms with Crippen LogP contribution in [0.1, 0.15) is 28.9 Å². The number of carboxylic acid groups (broad SMARTS) is 1. The predicted molar refractivity (Wildman–Crippen MR) is 79.4 cm³/mol. The molecule has 0 bridgehead atoms. The minimum absolute atomic E-state index is 0.207. The number of nitrogens with zero attached hydrogens (tertiary/aromatic N) is 2. The molecule has 0 radical (unpaired) electrons. The Bertz CT molecular complexity index is 766. The number of halogens is 1. The molecular formula is C16H17FN2O3. The Morgan fingerprint density at radius 2 is 2.14 bits per heavy atom. The minimum Gasteiger partial charge on any atom is -0.480 e. The number of hydrogen-bond donors (Lipinski definition) is 1. The molecule has 2 aromatic rings. The van der Waals surface area contributed by atoms with Crippen molar-refractivity contribution in [3.8, 4) is 0 Å². The Morgan fingerprint density at radius 3 is 2.86 bits per heavy atom. The molecule has 116 valence electrons. The summed E-state index contributed by atoms with van der Waals surface area (Å²) < 4.78 is 15.6. The van der Waals surface area contributed by atoms with Crippen molar-refractivity contribution in [2.24, 2.45) is 0 Å². The van der Waals surface area contributed by atoms with Gasteiger partial charge in [-0.15, -0.1) is 0 Å². The third-order valence-electron chi connectivity index (χ3n) is 4.15. The summed E-state index contributed by atoms with van der Waals surface area (Å²) in [7, 11) is 1.69. The second-order valence-corrected chi connectivity index (χ2v) is 5.63. The van der Waals surface area contributed by atoms with Gasteiger partial charge in [0.05, 0.1) is 5.52 Å². The highest BCUT2D eigenvalue weighted by molar-refractivity contribution is 6.02. The van der Waals surface area contributed by atoms with Crippen LogP contribution in [0.4, 0.5) is 4.39 Å². The van der Waals surface area contributed by atoms with E-state index in [2.05, 4.69) is 0 Å². The SMILES string of the molecule is CN1CCCCc2c(n(CC(=O)O)c3c(F)cccc23)C1=O. The maximum Gasteiger partial charge on any atom is 0.323 e. The fourth-order valence-corrected chi connectivity index (χ4v) is 3.16. The molecule has 0 saturated heterocycles. The van der Waals surface area contributed by atoms with Crippen molar-refractivity contribution in [1.82, 2.24) is 9.47 Å². The lowest BCUT2D eigenvalue weighted by Gasteiger charge is -2.21. The van der Waals surface area contributed by atoms with Gasteiger partial charge >= 0.3 is 5.97 Å². The number of rotatable bonds is 2. The zero-order valence-electron chi connectivity index (χ0n) is 12.3. The summed E-state index contributed by atoms with van der Waals surface area (Å²) in [4.78, 5) is 25.4. The zero-order valence-corrected chi connectivity index (χ0v) is 12.3. The first kappa shape index (κ1) is 14.6. The fourth-order valence-electron chi connectivity index (χ4n) is 3.16. The van der Waals surface area contributed by atoms with Gasteiger partial charge in [-0.05, 0) is 30.9 Å². The molecule has 1 aliphatic heterocycles. The number of aryl methyl sites for hydroxylation is 1. The molecule has 1 aliphatic rings. The van der Waals surface area contributed by atoms with E-state index in [4.69, 9.17) is 5.11 Å². The molecule has 0 aliphatic carbocycles. The lowest BCUT2D eigenvalue weighted by atomic mass is 10.0. The van der Waals surface area contributed by atoms with E-state index in [0.717, 1.165) is 18.4 Å². The first-order valence-electron chi connectivity index (χ1n) is 7.27. The van der Waals surface area contributed by atoms with Crippen LogP contribution in [0.15, 0.2) is 18.2 Å². The minimum atomic E-state index is -1.10. The lowest BCUT2D eigenvalue weighted by molar-refractivity contribution is -0.137. The number of amides is 1. The summed E-state index contributed by atoms with van der Waals surface area (Å²) >= 11 is 0. The molecule has 1 N–H and O–H groups in total. The van der Waals surface area contributed by atoms with E-state index >= 15 is 0 Å². The van der Waals surface area contributed by atoms with Crippen LogP contribution in [0.2, 0.25) is 0 Å². The number of aliphatic carboxylic acids is 1. The van der Waals surface area contributed by atoms with E-state index in [-0.39, 0.29) is 11.4 Å². The molecule has 0 spiro atoms. The number of carbonyl (C=O) groups is 2. The Labute approximate surface area is 126 Å². The molecule has 3 rings (SSSR count). The number of para-hydroxylation sites is 1. The van der Waals surface area contributed by atoms with Gasteiger partial charge in [-0.1, -0.05) is 12.1 Å². The molecule has 1 aromatic carbocycles. The van der Waals surface area contributed by atoms with E-state index in [9.17, 15) is 14.0 Å². The molecule has 6 heteroatoms. The van der Waals surface area contributed by atoms with E-state index in [1.54, 1.807) is 24.1 Å². The van der Waals surface area contributed by atoms with Gasteiger partial charge in [0.15, 0.2) is 0 Å². The first-order valence-corrected chi connectivity index (χ1v) is 7.27. The summed E-state index contributed by atoms with van der Waals surface area (Å²) in [5.74, 6) is -1.84. The van der Waals surface area contributed by atoms with Gasteiger partial charge in [0.25, 0.3) is 5.91 Å². The first-order chi connectivity index (χ1) is 10.5. The molecule has 0 atom stereocenters. The van der Waals surface area contributed by atoms with Crippen LogP contribution in [0.3, 0.4) is 0 Å². The maximum atomic E-state index is 14.3. The van der Waals surface area contributed by atoms with Gasteiger partial charge in [0.1, 0.15) is 18.1 Å². The van der Waals surface area contributed by atoms with Crippen LogP contribution in [0, 0.1) is 5.82 Å². The molecule has 2 heterocycles. The summed E-state index contributed by atoms with van der Waals surface area (Å²) in [5.41, 5.74) is 1.27. The van der Waals surface area contributed by atoms with Crippen molar-refractivity contribution in [3.05, 3.63) is 35.3 Å². The maximum absolute atomic E-state index is 14.3. The molecule has 5 nitrogen and oxygen atoms in total. The molecule has 22 heavy (non-hydrogen) atoms.